The van der Waals surface area contributed by atoms with Gasteiger partial charge in [0.15, 0.2) is 0 Å². The molecule has 3 aromatic rings. The van der Waals surface area contributed by atoms with Gasteiger partial charge in [0.05, 0.1) is 12.4 Å². The molecule has 0 fully saturated rings. The van der Waals surface area contributed by atoms with Gasteiger partial charge in [-0.05, 0) is 5.56 Å². The zero-order chi connectivity index (χ0) is 13.1. The van der Waals surface area contributed by atoms with E-state index in [0.717, 1.165) is 5.56 Å². The molecule has 1 N–H and O–H groups in total. The van der Waals surface area contributed by atoms with Crippen LogP contribution < -0.4 is 10.3 Å². The van der Waals surface area contributed by atoms with Gasteiger partial charge in [0, 0.05) is 12.1 Å². The van der Waals surface area contributed by atoms with Gasteiger partial charge in [0.1, 0.15) is 6.61 Å². The standard InChI is InChI=1S/C13H12N4O2/c18-12-6-8-16(14-12)17-9-7-13(15-17)19-10-11-4-2-1-3-5-11/h1-9H,10H2,(H,14,18). The fraction of sp³-hybridized carbons (Fsp3) is 0.0769. The molecule has 0 radical (unpaired) electrons. The molecular formula is C13H12N4O2. The maximum atomic E-state index is 11.0. The Bertz CT molecular complexity index is 711. The van der Waals surface area contributed by atoms with E-state index in [1.807, 2.05) is 30.3 Å². The molecule has 0 unspecified atom stereocenters. The molecule has 0 bridgehead atoms. The van der Waals surface area contributed by atoms with E-state index in [9.17, 15) is 4.79 Å². The monoisotopic (exact) mass is 256 g/mol. The van der Waals surface area contributed by atoms with Crippen molar-refractivity contribution in [2.75, 3.05) is 0 Å². The molecule has 0 saturated heterocycles. The van der Waals surface area contributed by atoms with Gasteiger partial charge in [-0.3, -0.25) is 4.79 Å². The Hall–Kier alpha value is -2.76. The minimum Gasteiger partial charge on any atom is -0.472 e. The number of rotatable bonds is 4. The number of hydrogen-bond acceptors (Lipinski definition) is 3. The van der Waals surface area contributed by atoms with Crippen molar-refractivity contribution in [3.63, 3.8) is 0 Å². The lowest BCUT2D eigenvalue weighted by molar-refractivity contribution is 0.287. The number of ether oxygens (including phenoxy) is 1. The lowest BCUT2D eigenvalue weighted by Gasteiger charge is -2.03. The highest BCUT2D eigenvalue weighted by atomic mass is 16.5. The second-order valence-corrected chi connectivity index (χ2v) is 3.98. The molecule has 0 aliphatic rings. The molecule has 6 heteroatoms. The van der Waals surface area contributed by atoms with E-state index < -0.39 is 0 Å². The van der Waals surface area contributed by atoms with Crippen LogP contribution >= 0.6 is 0 Å². The topological polar surface area (TPSA) is 64.8 Å². The maximum Gasteiger partial charge on any atom is 0.265 e. The molecule has 0 amide bonds. The summed E-state index contributed by atoms with van der Waals surface area (Å²) < 4.78 is 5.56. The summed E-state index contributed by atoms with van der Waals surface area (Å²) in [6.07, 6.45) is 3.30. The van der Waals surface area contributed by atoms with E-state index in [1.54, 1.807) is 18.5 Å². The number of aromatic amines is 1. The SMILES string of the molecule is O=c1ccn(-n2ccc(OCc3ccccc3)n2)[nH]1. The molecule has 96 valence electrons. The molecule has 2 aromatic heterocycles. The van der Waals surface area contributed by atoms with Crippen LogP contribution in [0.5, 0.6) is 5.88 Å². The molecule has 0 aliphatic carbocycles. The Morgan fingerprint density at radius 2 is 1.95 bits per heavy atom. The smallest absolute Gasteiger partial charge is 0.265 e. The van der Waals surface area contributed by atoms with Gasteiger partial charge in [-0.1, -0.05) is 30.3 Å². The van der Waals surface area contributed by atoms with Gasteiger partial charge >= 0.3 is 0 Å². The van der Waals surface area contributed by atoms with Crippen molar-refractivity contribution >= 4 is 0 Å². The third-order valence-corrected chi connectivity index (χ3v) is 2.59. The first-order valence-corrected chi connectivity index (χ1v) is 5.82. The number of nitrogens with one attached hydrogen (secondary N) is 1. The Morgan fingerprint density at radius 3 is 2.68 bits per heavy atom. The molecule has 1 aromatic carbocycles. The molecule has 6 nitrogen and oxygen atoms in total. The van der Waals surface area contributed by atoms with Crippen molar-refractivity contribution in [1.82, 2.24) is 19.8 Å². The largest absolute Gasteiger partial charge is 0.472 e. The highest BCUT2D eigenvalue weighted by Crippen LogP contribution is 2.09. The van der Waals surface area contributed by atoms with Gasteiger partial charge in [-0.25, -0.2) is 5.10 Å². The number of nitrogens with zero attached hydrogens (tertiary/aromatic N) is 3. The van der Waals surface area contributed by atoms with Gasteiger partial charge < -0.3 is 4.74 Å². The van der Waals surface area contributed by atoms with Gasteiger partial charge in [0.25, 0.3) is 5.56 Å². The third-order valence-electron chi connectivity index (χ3n) is 2.59. The quantitative estimate of drug-likeness (QED) is 0.764. The third kappa shape index (κ3) is 2.57. The van der Waals surface area contributed by atoms with E-state index in [2.05, 4.69) is 10.2 Å². The summed E-state index contributed by atoms with van der Waals surface area (Å²) in [5.41, 5.74) is 0.897. The van der Waals surface area contributed by atoms with Crippen LogP contribution in [-0.4, -0.2) is 19.8 Å². The first-order chi connectivity index (χ1) is 9.31. The van der Waals surface area contributed by atoms with E-state index >= 15 is 0 Å². The van der Waals surface area contributed by atoms with Crippen LogP contribution in [0.25, 0.3) is 0 Å². The van der Waals surface area contributed by atoms with Crippen LogP contribution in [0.1, 0.15) is 5.56 Å². The highest BCUT2D eigenvalue weighted by molar-refractivity contribution is 5.15. The van der Waals surface area contributed by atoms with Crippen molar-refractivity contribution in [3.05, 3.63) is 70.8 Å². The zero-order valence-corrected chi connectivity index (χ0v) is 10.1. The Kier molecular flexibility index (Phi) is 2.89. The Labute approximate surface area is 108 Å². The highest BCUT2D eigenvalue weighted by Gasteiger charge is 2.02. The summed E-state index contributed by atoms with van der Waals surface area (Å²) in [4.78, 5) is 14.0. The van der Waals surface area contributed by atoms with Crippen LogP contribution in [0.15, 0.2) is 59.7 Å². The van der Waals surface area contributed by atoms with Crippen molar-refractivity contribution < 1.29 is 4.74 Å². The van der Waals surface area contributed by atoms with Crippen LogP contribution in [0.2, 0.25) is 0 Å². The summed E-state index contributed by atoms with van der Waals surface area (Å²) in [6, 6.07) is 13.0. The van der Waals surface area contributed by atoms with Crippen LogP contribution in [0, 0.1) is 0 Å². The van der Waals surface area contributed by atoms with Gasteiger partial charge in [0.2, 0.25) is 5.88 Å². The van der Waals surface area contributed by atoms with Crippen molar-refractivity contribution in [3.8, 4) is 5.88 Å². The second kappa shape index (κ2) is 4.85. The first kappa shape index (κ1) is 11.3. The van der Waals surface area contributed by atoms with Crippen molar-refractivity contribution in [2.24, 2.45) is 0 Å². The van der Waals surface area contributed by atoms with E-state index in [0.29, 0.717) is 12.5 Å². The lowest BCUT2D eigenvalue weighted by atomic mass is 10.2. The second-order valence-electron chi connectivity index (χ2n) is 3.98. The fourth-order valence-corrected chi connectivity index (χ4v) is 1.67. The molecular weight excluding hydrogens is 244 g/mol. The Morgan fingerprint density at radius 1 is 1.11 bits per heavy atom. The molecule has 0 spiro atoms. The number of benzene rings is 1. The predicted molar refractivity (Wildman–Crippen MR) is 68.8 cm³/mol. The average molecular weight is 256 g/mol. The average Bonchev–Trinajstić information content (AvgIpc) is 3.06. The van der Waals surface area contributed by atoms with Gasteiger partial charge in [-0.15, -0.1) is 5.10 Å². The lowest BCUT2D eigenvalue weighted by Crippen LogP contribution is -2.13. The van der Waals surface area contributed by atoms with Crippen LogP contribution in [0.4, 0.5) is 0 Å². The van der Waals surface area contributed by atoms with Crippen LogP contribution in [0.3, 0.4) is 0 Å². The summed E-state index contributed by atoms with van der Waals surface area (Å²) in [7, 11) is 0. The molecule has 3 rings (SSSR count). The van der Waals surface area contributed by atoms with E-state index in [1.165, 1.54) is 15.6 Å². The summed E-state index contributed by atoms with van der Waals surface area (Å²) in [6.45, 7) is 0.458. The number of hydrogen-bond donors (Lipinski definition) is 1. The minimum absolute atomic E-state index is 0.178. The Balaban J connectivity index is 1.70. The number of aromatic nitrogens is 4. The molecule has 0 saturated carbocycles. The predicted octanol–water partition coefficient (Wildman–Crippen LogP) is 1.26. The molecule has 19 heavy (non-hydrogen) atoms. The van der Waals surface area contributed by atoms with Crippen molar-refractivity contribution in [2.45, 2.75) is 6.61 Å². The molecule has 0 aliphatic heterocycles. The normalized spacial score (nSPS) is 10.5. The van der Waals surface area contributed by atoms with Crippen LogP contribution in [-0.2, 0) is 6.61 Å². The zero-order valence-electron chi connectivity index (χ0n) is 10.1. The summed E-state index contributed by atoms with van der Waals surface area (Å²) in [5, 5.41) is 6.78. The number of H-pyrrole nitrogens is 1. The van der Waals surface area contributed by atoms with E-state index in [4.69, 9.17) is 4.74 Å². The first-order valence-electron chi connectivity index (χ1n) is 5.82. The van der Waals surface area contributed by atoms with Crippen molar-refractivity contribution in [1.29, 1.82) is 0 Å². The minimum atomic E-state index is -0.178. The molecule has 0 atom stereocenters. The summed E-state index contributed by atoms with van der Waals surface area (Å²) >= 11 is 0. The van der Waals surface area contributed by atoms with E-state index in [-0.39, 0.29) is 5.56 Å². The molecule has 2 heterocycles. The summed E-state index contributed by atoms with van der Waals surface area (Å²) in [5.74, 6) is 0.499. The van der Waals surface area contributed by atoms with Gasteiger partial charge in [-0.2, -0.15) is 9.58 Å². The maximum absolute atomic E-state index is 11.0. The fourth-order valence-electron chi connectivity index (χ4n) is 1.67.